The Morgan fingerprint density at radius 3 is 2.44 bits per heavy atom. The molecule has 0 amide bonds. The number of carboxylic acids is 1. The van der Waals surface area contributed by atoms with Crippen molar-refractivity contribution in [1.29, 1.82) is 0 Å². The van der Waals surface area contributed by atoms with Gasteiger partial charge in [0, 0.05) is 17.3 Å². The lowest BCUT2D eigenvalue weighted by atomic mass is 9.92. The molecule has 3 rings (SSSR count). The summed E-state index contributed by atoms with van der Waals surface area (Å²) in [5, 5.41) is 9.56. The fourth-order valence-corrected chi connectivity index (χ4v) is 4.31. The van der Waals surface area contributed by atoms with Crippen molar-refractivity contribution in [3.63, 3.8) is 0 Å². The molecule has 1 aromatic carbocycles. The number of hydrogen-bond donors (Lipinski definition) is 1. The third-order valence-corrected chi connectivity index (χ3v) is 6.74. The highest BCUT2D eigenvalue weighted by molar-refractivity contribution is 7.44. The van der Waals surface area contributed by atoms with Crippen LogP contribution in [0.3, 0.4) is 0 Å². The first-order valence-electron chi connectivity index (χ1n) is 8.40. The van der Waals surface area contributed by atoms with Gasteiger partial charge in [-0.25, -0.2) is 4.79 Å². The maximum absolute atomic E-state index is 11.4. The van der Waals surface area contributed by atoms with Crippen LogP contribution in [-0.4, -0.2) is 18.2 Å². The second kappa shape index (κ2) is 9.65. The van der Waals surface area contributed by atoms with Gasteiger partial charge >= 0.3 is 5.97 Å². The standard InChI is InChI=1S/C11H8O2S.C10H15O2P/c12-11(13)10-7-6-9(14-10)8-4-2-1-3-5-8;1-7-5-6-10(13(11)12-4)9(3)8(7)2/h1-7H,(H,12,13);5-7,13H,2H2,1,3-4H3. The number of allylic oxidation sites excluding steroid dienone is 5. The van der Waals surface area contributed by atoms with E-state index in [4.69, 9.17) is 9.63 Å². The fraction of sp³-hybridized carbons (Fsp3) is 0.190. The van der Waals surface area contributed by atoms with Crippen molar-refractivity contribution in [2.75, 3.05) is 7.11 Å². The van der Waals surface area contributed by atoms with Crippen LogP contribution in [0.4, 0.5) is 0 Å². The lowest BCUT2D eigenvalue weighted by molar-refractivity contribution is 0.0702. The molecule has 0 radical (unpaired) electrons. The maximum atomic E-state index is 11.4. The zero-order valence-corrected chi connectivity index (χ0v) is 17.4. The fourth-order valence-electron chi connectivity index (χ4n) is 2.54. The Morgan fingerprint density at radius 1 is 1.22 bits per heavy atom. The van der Waals surface area contributed by atoms with E-state index in [1.807, 2.05) is 55.5 Å². The Labute approximate surface area is 164 Å². The van der Waals surface area contributed by atoms with Gasteiger partial charge in [-0.05, 0) is 41.7 Å². The van der Waals surface area contributed by atoms with Crippen molar-refractivity contribution in [1.82, 2.24) is 0 Å². The van der Waals surface area contributed by atoms with Gasteiger partial charge in [0.1, 0.15) is 4.88 Å². The van der Waals surface area contributed by atoms with Crippen LogP contribution >= 0.6 is 19.4 Å². The Morgan fingerprint density at radius 2 is 1.89 bits per heavy atom. The van der Waals surface area contributed by atoms with Crippen molar-refractivity contribution >= 4 is 25.3 Å². The second-order valence-corrected chi connectivity index (χ2v) is 8.64. The predicted octanol–water partition coefficient (Wildman–Crippen LogP) is 6.26. The Bertz CT molecular complexity index is 909. The van der Waals surface area contributed by atoms with E-state index in [2.05, 4.69) is 13.5 Å². The topological polar surface area (TPSA) is 63.6 Å². The first-order chi connectivity index (χ1) is 12.8. The number of hydrogen-bond acceptors (Lipinski definition) is 4. The van der Waals surface area contributed by atoms with Gasteiger partial charge in [-0.1, -0.05) is 56.0 Å². The van der Waals surface area contributed by atoms with E-state index in [1.54, 1.807) is 6.07 Å². The summed E-state index contributed by atoms with van der Waals surface area (Å²) in [5.74, 6) is -0.521. The van der Waals surface area contributed by atoms with Crippen LogP contribution in [0, 0.1) is 5.92 Å². The molecule has 0 saturated heterocycles. The molecule has 0 spiro atoms. The molecule has 27 heavy (non-hydrogen) atoms. The van der Waals surface area contributed by atoms with Crippen LogP contribution < -0.4 is 0 Å². The van der Waals surface area contributed by atoms with Gasteiger partial charge < -0.3 is 9.63 Å². The summed E-state index contributed by atoms with van der Waals surface area (Å²) in [5.41, 5.74) is 3.11. The van der Waals surface area contributed by atoms with Crippen molar-refractivity contribution in [3.8, 4) is 10.4 Å². The Kier molecular flexibility index (Phi) is 7.55. The molecular weight excluding hydrogens is 379 g/mol. The summed E-state index contributed by atoms with van der Waals surface area (Å²) >= 11 is 1.29. The first-order valence-corrected chi connectivity index (χ1v) is 10.5. The summed E-state index contributed by atoms with van der Waals surface area (Å²) in [6.45, 7) is 7.97. The molecule has 2 aromatic rings. The van der Waals surface area contributed by atoms with E-state index in [9.17, 15) is 9.36 Å². The van der Waals surface area contributed by atoms with Gasteiger partial charge in [0.25, 0.3) is 0 Å². The summed E-state index contributed by atoms with van der Waals surface area (Å²) < 4.78 is 16.3. The smallest absolute Gasteiger partial charge is 0.345 e. The van der Waals surface area contributed by atoms with Crippen LogP contribution in [-0.2, 0) is 9.09 Å². The molecule has 142 valence electrons. The molecule has 1 aromatic heterocycles. The molecule has 0 saturated carbocycles. The lowest BCUT2D eigenvalue weighted by Crippen LogP contribution is -2.02. The lowest BCUT2D eigenvalue weighted by Gasteiger charge is -2.19. The van der Waals surface area contributed by atoms with Crippen LogP contribution in [0.25, 0.3) is 10.4 Å². The molecule has 4 nitrogen and oxygen atoms in total. The summed E-state index contributed by atoms with van der Waals surface area (Å²) in [7, 11) is -0.583. The molecule has 2 atom stereocenters. The summed E-state index contributed by atoms with van der Waals surface area (Å²) in [4.78, 5) is 12.0. The molecule has 1 heterocycles. The molecule has 0 bridgehead atoms. The largest absolute Gasteiger partial charge is 0.477 e. The van der Waals surface area contributed by atoms with Gasteiger partial charge in [0.15, 0.2) is 0 Å². The highest BCUT2D eigenvalue weighted by Crippen LogP contribution is 2.41. The van der Waals surface area contributed by atoms with Crippen molar-refractivity contribution in [3.05, 3.63) is 82.5 Å². The zero-order valence-electron chi connectivity index (χ0n) is 15.6. The van der Waals surface area contributed by atoms with Crippen molar-refractivity contribution < 1.29 is 19.0 Å². The average Bonchev–Trinajstić information content (AvgIpc) is 3.17. The third-order valence-electron chi connectivity index (χ3n) is 4.27. The van der Waals surface area contributed by atoms with Gasteiger partial charge in [0.05, 0.1) is 0 Å². The van der Waals surface area contributed by atoms with Crippen LogP contribution in [0.15, 0.2) is 77.7 Å². The number of benzene rings is 1. The number of aromatic carboxylic acids is 1. The van der Waals surface area contributed by atoms with Crippen LogP contribution in [0.5, 0.6) is 0 Å². The van der Waals surface area contributed by atoms with E-state index in [1.165, 1.54) is 18.4 Å². The van der Waals surface area contributed by atoms with E-state index in [0.29, 0.717) is 10.8 Å². The Balaban J connectivity index is 0.000000194. The SMILES string of the molecule is C=C1C(C)=C([PH](=O)OC)C=CC1C.O=C(O)c1ccc(-c2ccccc2)s1. The normalized spacial score (nSPS) is 17.3. The number of carboxylic acid groups (broad SMARTS) is 1. The van der Waals surface area contributed by atoms with Gasteiger partial charge in [0.2, 0.25) is 8.03 Å². The summed E-state index contributed by atoms with van der Waals surface area (Å²) in [6, 6.07) is 13.2. The Hall–Kier alpha value is -2.20. The van der Waals surface area contributed by atoms with E-state index >= 15 is 0 Å². The predicted molar refractivity (Wildman–Crippen MR) is 113 cm³/mol. The quantitative estimate of drug-likeness (QED) is 0.613. The van der Waals surface area contributed by atoms with Gasteiger partial charge in [-0.2, -0.15) is 0 Å². The highest BCUT2D eigenvalue weighted by atomic mass is 32.1. The molecule has 2 unspecified atom stereocenters. The minimum absolute atomic E-state index is 0.343. The number of rotatable bonds is 4. The maximum Gasteiger partial charge on any atom is 0.345 e. The second-order valence-electron chi connectivity index (χ2n) is 6.04. The monoisotopic (exact) mass is 402 g/mol. The highest BCUT2D eigenvalue weighted by Gasteiger charge is 2.17. The minimum Gasteiger partial charge on any atom is -0.477 e. The van der Waals surface area contributed by atoms with E-state index < -0.39 is 14.0 Å². The van der Waals surface area contributed by atoms with Crippen molar-refractivity contribution in [2.45, 2.75) is 13.8 Å². The molecular formula is C21H23O4PS. The van der Waals surface area contributed by atoms with Crippen LogP contribution in [0.2, 0.25) is 0 Å². The van der Waals surface area contributed by atoms with Gasteiger partial charge in [-0.15, -0.1) is 11.3 Å². The zero-order chi connectivity index (χ0) is 20.0. The number of carbonyl (C=O) groups is 1. The summed E-state index contributed by atoms with van der Waals surface area (Å²) in [6.07, 6.45) is 3.89. The molecule has 0 aliphatic heterocycles. The first kappa shape index (κ1) is 21.1. The average molecular weight is 402 g/mol. The van der Waals surface area contributed by atoms with E-state index in [0.717, 1.165) is 26.9 Å². The number of thiophene rings is 1. The molecule has 1 N–H and O–H groups in total. The van der Waals surface area contributed by atoms with E-state index in [-0.39, 0.29) is 0 Å². The molecule has 1 aliphatic rings. The van der Waals surface area contributed by atoms with Crippen molar-refractivity contribution in [2.24, 2.45) is 5.92 Å². The third kappa shape index (κ3) is 5.39. The molecule has 1 aliphatic carbocycles. The molecule has 0 fully saturated rings. The van der Waals surface area contributed by atoms with Gasteiger partial charge in [-0.3, -0.25) is 4.57 Å². The van der Waals surface area contributed by atoms with Crippen LogP contribution in [0.1, 0.15) is 23.5 Å². The molecule has 6 heteroatoms. The minimum atomic E-state index is -2.05.